The third-order valence-electron chi connectivity index (χ3n) is 3.27. The first-order valence-corrected chi connectivity index (χ1v) is 7.86. The van der Waals surface area contributed by atoms with Crippen LogP contribution in [-0.4, -0.2) is 29.9 Å². The summed E-state index contributed by atoms with van der Waals surface area (Å²) in [5, 5.41) is 2.40. The van der Waals surface area contributed by atoms with Gasteiger partial charge in [-0.1, -0.05) is 12.1 Å². The first-order chi connectivity index (χ1) is 11.5. The minimum atomic E-state index is -4.45. The molecule has 0 aliphatic rings. The number of nitrogens with two attached hydrogens (primary N) is 1. The lowest BCUT2D eigenvalue weighted by Crippen LogP contribution is -2.41. The van der Waals surface area contributed by atoms with Gasteiger partial charge in [-0.05, 0) is 19.1 Å². The highest BCUT2D eigenvalue weighted by Crippen LogP contribution is 2.33. The van der Waals surface area contributed by atoms with E-state index in [-0.39, 0.29) is 4.88 Å². The van der Waals surface area contributed by atoms with Crippen LogP contribution in [0, 0.1) is 6.92 Å². The van der Waals surface area contributed by atoms with Crippen LogP contribution in [0.1, 0.15) is 20.9 Å². The SMILES string of the molecule is Cc1nc(-c2ccc(C(F)(F)F)cc2)sc1C(=O)NCC(F)(F)CN. The van der Waals surface area contributed by atoms with Crippen LogP contribution < -0.4 is 11.1 Å². The lowest BCUT2D eigenvalue weighted by molar-refractivity contribution is -0.137. The fourth-order valence-corrected chi connectivity index (χ4v) is 2.88. The second-order valence-electron chi connectivity index (χ2n) is 5.25. The van der Waals surface area contributed by atoms with Crippen molar-refractivity contribution in [3.05, 3.63) is 40.4 Å². The number of carbonyl (C=O) groups excluding carboxylic acids is 1. The molecule has 0 unspecified atom stereocenters. The molecule has 136 valence electrons. The summed E-state index contributed by atoms with van der Waals surface area (Å²) in [7, 11) is 0. The van der Waals surface area contributed by atoms with Gasteiger partial charge in [-0.3, -0.25) is 4.79 Å². The maximum atomic E-state index is 13.1. The minimum Gasteiger partial charge on any atom is -0.345 e. The summed E-state index contributed by atoms with van der Waals surface area (Å²) in [6.07, 6.45) is -4.45. The molecule has 0 spiro atoms. The summed E-state index contributed by atoms with van der Waals surface area (Å²) in [4.78, 5) is 16.2. The third kappa shape index (κ3) is 4.73. The number of nitrogens with one attached hydrogen (secondary N) is 1. The maximum Gasteiger partial charge on any atom is 0.416 e. The van der Waals surface area contributed by atoms with Crippen molar-refractivity contribution in [2.45, 2.75) is 19.0 Å². The molecule has 2 rings (SSSR count). The Hall–Kier alpha value is -2.07. The van der Waals surface area contributed by atoms with Gasteiger partial charge in [-0.15, -0.1) is 11.3 Å². The van der Waals surface area contributed by atoms with Gasteiger partial charge in [0.15, 0.2) is 0 Å². The Morgan fingerprint density at radius 2 is 1.80 bits per heavy atom. The van der Waals surface area contributed by atoms with Gasteiger partial charge in [0, 0.05) is 5.56 Å². The van der Waals surface area contributed by atoms with Crippen LogP contribution in [-0.2, 0) is 6.18 Å². The molecule has 4 nitrogen and oxygen atoms in total. The molecule has 0 atom stereocenters. The Kier molecular flexibility index (Phi) is 5.43. The normalized spacial score (nSPS) is 12.3. The average Bonchev–Trinajstić information content (AvgIpc) is 2.94. The van der Waals surface area contributed by atoms with Crippen LogP contribution in [0.2, 0.25) is 0 Å². The summed E-state index contributed by atoms with van der Waals surface area (Å²) in [5.74, 6) is -3.95. The molecule has 1 aromatic carbocycles. The number of carbonyl (C=O) groups is 1. The molecule has 0 radical (unpaired) electrons. The smallest absolute Gasteiger partial charge is 0.345 e. The number of aromatic nitrogens is 1. The van der Waals surface area contributed by atoms with Crippen LogP contribution in [0.5, 0.6) is 0 Å². The molecule has 1 heterocycles. The number of hydrogen-bond donors (Lipinski definition) is 2. The monoisotopic (exact) mass is 379 g/mol. The lowest BCUT2D eigenvalue weighted by Gasteiger charge is -2.13. The van der Waals surface area contributed by atoms with Crippen LogP contribution in [0.25, 0.3) is 10.6 Å². The fraction of sp³-hybridized carbons (Fsp3) is 0.333. The number of alkyl halides is 5. The van der Waals surface area contributed by atoms with E-state index in [1.807, 2.05) is 0 Å². The van der Waals surface area contributed by atoms with Gasteiger partial charge < -0.3 is 11.1 Å². The molecule has 1 amide bonds. The molecule has 0 aliphatic heterocycles. The lowest BCUT2D eigenvalue weighted by atomic mass is 10.1. The van der Waals surface area contributed by atoms with Crippen molar-refractivity contribution in [1.82, 2.24) is 10.3 Å². The van der Waals surface area contributed by atoms with E-state index in [4.69, 9.17) is 5.73 Å². The topological polar surface area (TPSA) is 68.0 Å². The van der Waals surface area contributed by atoms with Crippen molar-refractivity contribution in [3.8, 4) is 10.6 Å². The molecule has 0 bridgehead atoms. The number of halogens is 5. The van der Waals surface area contributed by atoms with Crippen LogP contribution in [0.3, 0.4) is 0 Å². The highest BCUT2D eigenvalue weighted by atomic mass is 32.1. The molecule has 0 saturated carbocycles. The van der Waals surface area contributed by atoms with Crippen LogP contribution >= 0.6 is 11.3 Å². The second-order valence-corrected chi connectivity index (χ2v) is 6.25. The van der Waals surface area contributed by atoms with Gasteiger partial charge in [-0.25, -0.2) is 13.8 Å². The van der Waals surface area contributed by atoms with Crippen molar-refractivity contribution in [3.63, 3.8) is 0 Å². The number of nitrogens with zero attached hydrogens (tertiary/aromatic N) is 1. The molecule has 1 aromatic heterocycles. The fourth-order valence-electron chi connectivity index (χ4n) is 1.89. The maximum absolute atomic E-state index is 13.1. The Balaban J connectivity index is 2.18. The summed E-state index contributed by atoms with van der Waals surface area (Å²) in [6, 6.07) is 4.30. The molecule has 2 aromatic rings. The van der Waals surface area contributed by atoms with Gasteiger partial charge in [0.1, 0.15) is 9.88 Å². The zero-order valence-corrected chi connectivity index (χ0v) is 13.8. The molecule has 0 aliphatic carbocycles. The molecule has 0 fully saturated rings. The number of thiazole rings is 1. The molecular weight excluding hydrogens is 365 g/mol. The van der Waals surface area contributed by atoms with E-state index in [1.165, 1.54) is 19.1 Å². The van der Waals surface area contributed by atoms with Gasteiger partial charge in [0.25, 0.3) is 11.8 Å². The first-order valence-electron chi connectivity index (χ1n) is 7.04. The predicted octanol–water partition coefficient (Wildman–Crippen LogP) is 3.46. The van der Waals surface area contributed by atoms with E-state index in [2.05, 4.69) is 10.3 Å². The largest absolute Gasteiger partial charge is 0.416 e. The molecular formula is C15H14F5N3OS. The highest BCUT2D eigenvalue weighted by Gasteiger charge is 2.30. The summed E-state index contributed by atoms with van der Waals surface area (Å²) < 4.78 is 63.9. The Morgan fingerprint density at radius 3 is 2.32 bits per heavy atom. The second kappa shape index (κ2) is 7.04. The number of hydrogen-bond acceptors (Lipinski definition) is 4. The third-order valence-corrected chi connectivity index (χ3v) is 4.47. The van der Waals surface area contributed by atoms with E-state index < -0.39 is 36.7 Å². The highest BCUT2D eigenvalue weighted by molar-refractivity contribution is 7.17. The van der Waals surface area contributed by atoms with Crippen molar-refractivity contribution in [1.29, 1.82) is 0 Å². The number of benzene rings is 1. The van der Waals surface area contributed by atoms with E-state index in [0.717, 1.165) is 23.5 Å². The number of amides is 1. The first kappa shape index (κ1) is 19.3. The predicted molar refractivity (Wildman–Crippen MR) is 83.6 cm³/mol. The molecule has 10 heteroatoms. The van der Waals surface area contributed by atoms with Crippen molar-refractivity contribution in [2.75, 3.05) is 13.1 Å². The summed E-state index contributed by atoms with van der Waals surface area (Å²) in [5.41, 5.74) is 4.79. The molecule has 25 heavy (non-hydrogen) atoms. The zero-order chi connectivity index (χ0) is 18.8. The summed E-state index contributed by atoms with van der Waals surface area (Å²) >= 11 is 0.912. The van der Waals surface area contributed by atoms with Gasteiger partial charge in [0.2, 0.25) is 0 Å². The van der Waals surface area contributed by atoms with E-state index >= 15 is 0 Å². The molecule has 3 N–H and O–H groups in total. The number of aryl methyl sites for hydroxylation is 1. The Labute approximate surface area is 143 Å². The van der Waals surface area contributed by atoms with E-state index in [9.17, 15) is 26.7 Å². The molecule has 0 saturated heterocycles. The van der Waals surface area contributed by atoms with Crippen molar-refractivity contribution >= 4 is 17.2 Å². The summed E-state index contributed by atoms with van der Waals surface area (Å²) in [6.45, 7) is -0.291. The zero-order valence-electron chi connectivity index (χ0n) is 13.0. The van der Waals surface area contributed by atoms with Gasteiger partial charge >= 0.3 is 6.18 Å². The van der Waals surface area contributed by atoms with E-state index in [1.54, 1.807) is 0 Å². The average molecular weight is 379 g/mol. The van der Waals surface area contributed by atoms with Crippen molar-refractivity contribution < 1.29 is 26.7 Å². The standard InChI is InChI=1S/C15H14F5N3OS/c1-8-11(12(24)22-7-14(16,17)6-21)25-13(23-8)9-2-4-10(5-3-9)15(18,19)20/h2-5H,6-7,21H2,1H3,(H,22,24). The van der Waals surface area contributed by atoms with E-state index in [0.29, 0.717) is 16.3 Å². The Morgan fingerprint density at radius 1 is 1.20 bits per heavy atom. The number of rotatable bonds is 5. The van der Waals surface area contributed by atoms with Gasteiger partial charge in [0.05, 0.1) is 24.3 Å². The minimum absolute atomic E-state index is 0.114. The Bertz CT molecular complexity index is 756. The van der Waals surface area contributed by atoms with Crippen LogP contribution in [0.4, 0.5) is 22.0 Å². The van der Waals surface area contributed by atoms with Gasteiger partial charge in [-0.2, -0.15) is 13.2 Å². The van der Waals surface area contributed by atoms with Crippen molar-refractivity contribution in [2.24, 2.45) is 5.73 Å². The van der Waals surface area contributed by atoms with Crippen LogP contribution in [0.15, 0.2) is 24.3 Å². The quantitative estimate of drug-likeness (QED) is 0.782.